The highest BCUT2D eigenvalue weighted by molar-refractivity contribution is 7.89. The molecule has 0 heterocycles. The molecular formula is C19H30ClN3O3S. The Bertz CT molecular complexity index is 738. The molecule has 152 valence electrons. The molecule has 0 radical (unpaired) electrons. The first-order valence-electron chi connectivity index (χ1n) is 9.45. The average Bonchev–Trinajstić information content (AvgIpc) is 2.53. The normalized spacial score (nSPS) is 27.7. The van der Waals surface area contributed by atoms with Crippen LogP contribution in [0.2, 0.25) is 0 Å². The number of fused-ring (bicyclic) bond motifs is 2. The molecule has 1 aromatic rings. The maximum absolute atomic E-state index is 12.7. The van der Waals surface area contributed by atoms with Crippen LogP contribution in [0, 0.1) is 17.8 Å². The van der Waals surface area contributed by atoms with Crippen molar-refractivity contribution in [1.82, 2.24) is 4.72 Å². The molecule has 2 atom stereocenters. The van der Waals surface area contributed by atoms with Gasteiger partial charge in [0.25, 0.3) is 0 Å². The highest BCUT2D eigenvalue weighted by Crippen LogP contribution is 2.42. The number of nitrogens with one attached hydrogen (secondary N) is 2. The molecule has 2 fully saturated rings. The predicted molar refractivity (Wildman–Crippen MR) is 109 cm³/mol. The van der Waals surface area contributed by atoms with Crippen LogP contribution in [0.15, 0.2) is 29.2 Å². The average molecular weight is 416 g/mol. The Labute approximate surface area is 168 Å². The molecule has 4 N–H and O–H groups in total. The number of hydrogen-bond acceptors (Lipinski definition) is 4. The molecule has 0 aliphatic heterocycles. The van der Waals surface area contributed by atoms with E-state index < -0.39 is 10.0 Å². The van der Waals surface area contributed by atoms with E-state index in [-0.39, 0.29) is 41.2 Å². The van der Waals surface area contributed by atoms with Crippen LogP contribution in [0.3, 0.4) is 0 Å². The molecule has 8 heteroatoms. The number of rotatable bonds is 5. The van der Waals surface area contributed by atoms with Crippen LogP contribution >= 0.6 is 12.4 Å². The van der Waals surface area contributed by atoms with Crippen molar-refractivity contribution in [1.29, 1.82) is 0 Å². The van der Waals surface area contributed by atoms with Crippen LogP contribution in [-0.2, 0) is 14.8 Å². The van der Waals surface area contributed by atoms with Crippen LogP contribution in [0.1, 0.15) is 46.0 Å². The van der Waals surface area contributed by atoms with Gasteiger partial charge >= 0.3 is 0 Å². The van der Waals surface area contributed by atoms with E-state index in [1.165, 1.54) is 18.6 Å². The summed E-state index contributed by atoms with van der Waals surface area (Å²) in [5.74, 6) is 0.918. The Morgan fingerprint density at radius 2 is 1.67 bits per heavy atom. The zero-order valence-electron chi connectivity index (χ0n) is 15.9. The van der Waals surface area contributed by atoms with Gasteiger partial charge in [0.1, 0.15) is 0 Å². The molecule has 0 saturated heterocycles. The SMILES string of the molecule is CC(C)NS(=O)(=O)c1ccc(NC(=O)C2CC3CCCC(C2)C3N)cc1.Cl. The van der Waals surface area contributed by atoms with Crippen molar-refractivity contribution in [3.8, 4) is 0 Å². The molecule has 2 aliphatic carbocycles. The van der Waals surface area contributed by atoms with Gasteiger partial charge in [-0.15, -0.1) is 12.4 Å². The monoisotopic (exact) mass is 415 g/mol. The highest BCUT2D eigenvalue weighted by atomic mass is 35.5. The fourth-order valence-corrected chi connectivity index (χ4v) is 5.59. The van der Waals surface area contributed by atoms with Crippen LogP contribution in [0.4, 0.5) is 5.69 Å². The number of sulfonamides is 1. The molecule has 3 rings (SSSR count). The molecule has 2 unspecified atom stereocenters. The fraction of sp³-hybridized carbons (Fsp3) is 0.632. The molecule has 0 aromatic heterocycles. The summed E-state index contributed by atoms with van der Waals surface area (Å²) in [6, 6.07) is 6.39. The summed E-state index contributed by atoms with van der Waals surface area (Å²) in [5, 5.41) is 2.94. The van der Waals surface area contributed by atoms with E-state index in [0.717, 1.165) is 25.7 Å². The largest absolute Gasteiger partial charge is 0.327 e. The molecule has 2 saturated carbocycles. The smallest absolute Gasteiger partial charge is 0.240 e. The van der Waals surface area contributed by atoms with E-state index >= 15 is 0 Å². The summed E-state index contributed by atoms with van der Waals surface area (Å²) >= 11 is 0. The molecule has 2 bridgehead atoms. The van der Waals surface area contributed by atoms with Gasteiger partial charge in [-0.25, -0.2) is 13.1 Å². The van der Waals surface area contributed by atoms with Crippen LogP contribution in [-0.4, -0.2) is 26.4 Å². The Balaban J connectivity index is 0.00000261. The van der Waals surface area contributed by atoms with Gasteiger partial charge in [-0.3, -0.25) is 4.79 Å². The van der Waals surface area contributed by atoms with Crippen LogP contribution in [0.25, 0.3) is 0 Å². The summed E-state index contributed by atoms with van der Waals surface area (Å²) in [4.78, 5) is 12.8. The lowest BCUT2D eigenvalue weighted by Gasteiger charge is -2.43. The van der Waals surface area contributed by atoms with E-state index in [1.54, 1.807) is 26.0 Å². The Kier molecular flexibility index (Phi) is 7.30. The molecule has 27 heavy (non-hydrogen) atoms. The van der Waals surface area contributed by atoms with E-state index in [2.05, 4.69) is 10.0 Å². The van der Waals surface area contributed by atoms with Crippen LogP contribution < -0.4 is 15.8 Å². The van der Waals surface area contributed by atoms with E-state index in [9.17, 15) is 13.2 Å². The minimum Gasteiger partial charge on any atom is -0.327 e. The van der Waals surface area contributed by atoms with E-state index in [1.807, 2.05) is 0 Å². The lowest BCUT2D eigenvalue weighted by Crippen LogP contribution is -2.48. The Morgan fingerprint density at radius 3 is 2.19 bits per heavy atom. The number of hydrogen-bond donors (Lipinski definition) is 3. The van der Waals surface area contributed by atoms with Gasteiger partial charge in [0.15, 0.2) is 0 Å². The standard InChI is InChI=1S/C19H29N3O3S.ClH/c1-12(2)22-26(24,25)17-8-6-16(7-9-17)21-19(23)15-10-13-4-3-5-14(11-15)18(13)20;/h6-9,12-15,18,22H,3-5,10-11,20H2,1-2H3,(H,21,23);1H. The van der Waals surface area contributed by atoms with Crippen molar-refractivity contribution in [2.45, 2.75) is 62.9 Å². The topological polar surface area (TPSA) is 101 Å². The van der Waals surface area contributed by atoms with Gasteiger partial charge < -0.3 is 11.1 Å². The number of carbonyl (C=O) groups is 1. The fourth-order valence-electron chi connectivity index (χ4n) is 4.34. The molecule has 6 nitrogen and oxygen atoms in total. The lowest BCUT2D eigenvalue weighted by molar-refractivity contribution is -0.122. The molecule has 1 aromatic carbocycles. The summed E-state index contributed by atoms with van der Waals surface area (Å²) in [7, 11) is -3.52. The highest BCUT2D eigenvalue weighted by Gasteiger charge is 2.40. The summed E-state index contributed by atoms with van der Waals surface area (Å²) in [6.07, 6.45) is 5.17. The molecule has 0 spiro atoms. The first-order valence-corrected chi connectivity index (χ1v) is 10.9. The van der Waals surface area contributed by atoms with Gasteiger partial charge in [0, 0.05) is 23.7 Å². The number of benzene rings is 1. The second kappa shape index (κ2) is 8.90. The van der Waals surface area contributed by atoms with Crippen molar-refractivity contribution in [3.05, 3.63) is 24.3 Å². The number of anilines is 1. The molecule has 1 amide bonds. The van der Waals surface area contributed by atoms with Gasteiger partial charge in [0.05, 0.1) is 4.90 Å². The van der Waals surface area contributed by atoms with Crippen molar-refractivity contribution in [3.63, 3.8) is 0 Å². The van der Waals surface area contributed by atoms with Crippen molar-refractivity contribution in [2.24, 2.45) is 23.5 Å². The maximum atomic E-state index is 12.7. The van der Waals surface area contributed by atoms with Crippen molar-refractivity contribution in [2.75, 3.05) is 5.32 Å². The van der Waals surface area contributed by atoms with Gasteiger partial charge in [-0.05, 0) is 75.6 Å². The quantitative estimate of drug-likeness (QED) is 0.688. The third-order valence-electron chi connectivity index (χ3n) is 5.61. The summed E-state index contributed by atoms with van der Waals surface area (Å²) in [5.41, 5.74) is 6.92. The third kappa shape index (κ3) is 5.22. The first-order chi connectivity index (χ1) is 12.3. The maximum Gasteiger partial charge on any atom is 0.240 e. The van der Waals surface area contributed by atoms with Crippen LogP contribution in [0.5, 0.6) is 0 Å². The van der Waals surface area contributed by atoms with E-state index in [0.29, 0.717) is 17.5 Å². The predicted octanol–water partition coefficient (Wildman–Crippen LogP) is 2.89. The lowest BCUT2D eigenvalue weighted by atomic mass is 9.65. The minimum atomic E-state index is -3.52. The minimum absolute atomic E-state index is 0. The Hall–Kier alpha value is -1.15. The zero-order valence-corrected chi connectivity index (χ0v) is 17.5. The number of nitrogens with two attached hydrogens (primary N) is 1. The third-order valence-corrected chi connectivity index (χ3v) is 7.28. The summed E-state index contributed by atoms with van der Waals surface area (Å²) < 4.78 is 26.9. The van der Waals surface area contributed by atoms with Gasteiger partial charge in [0.2, 0.25) is 15.9 Å². The van der Waals surface area contributed by atoms with E-state index in [4.69, 9.17) is 5.73 Å². The summed E-state index contributed by atoms with van der Waals surface area (Å²) in [6.45, 7) is 3.55. The molecule has 2 aliphatic rings. The first kappa shape index (κ1) is 22.1. The Morgan fingerprint density at radius 1 is 1.11 bits per heavy atom. The second-order valence-corrected chi connectivity index (χ2v) is 9.70. The van der Waals surface area contributed by atoms with Gasteiger partial charge in [-0.1, -0.05) is 6.42 Å². The number of amides is 1. The molecular weight excluding hydrogens is 386 g/mol. The number of carbonyl (C=O) groups excluding carboxylic acids is 1. The van der Waals surface area contributed by atoms with Gasteiger partial charge in [-0.2, -0.15) is 0 Å². The van der Waals surface area contributed by atoms with Crippen molar-refractivity contribution < 1.29 is 13.2 Å². The zero-order chi connectivity index (χ0) is 18.9. The number of halogens is 1. The van der Waals surface area contributed by atoms with Crippen molar-refractivity contribution >= 4 is 34.0 Å². The second-order valence-electron chi connectivity index (χ2n) is 7.99.